The van der Waals surface area contributed by atoms with Gasteiger partial charge in [0.05, 0.1) is 12.7 Å². The molecule has 2 aromatic rings. The van der Waals surface area contributed by atoms with Gasteiger partial charge in [-0.05, 0) is 30.3 Å². The number of aromatic nitrogens is 1. The summed E-state index contributed by atoms with van der Waals surface area (Å²) in [7, 11) is 1.32. The first-order valence-electron chi connectivity index (χ1n) is 8.53. The van der Waals surface area contributed by atoms with Crippen LogP contribution in [0, 0.1) is 0 Å². The predicted octanol–water partition coefficient (Wildman–Crippen LogP) is 3.15. The number of carbonyl (C=O) groups excluding carboxylic acids is 3. The van der Waals surface area contributed by atoms with E-state index in [0.29, 0.717) is 16.3 Å². The molecule has 1 aliphatic heterocycles. The van der Waals surface area contributed by atoms with E-state index in [-0.39, 0.29) is 5.57 Å². The lowest BCUT2D eigenvalue weighted by Gasteiger charge is -2.29. The zero-order valence-electron chi connectivity index (χ0n) is 15.9. The Morgan fingerprint density at radius 2 is 1.90 bits per heavy atom. The van der Waals surface area contributed by atoms with Gasteiger partial charge in [-0.1, -0.05) is 17.8 Å². The minimum atomic E-state index is -1.28. The summed E-state index contributed by atoms with van der Waals surface area (Å²) in [4.78, 5) is 40.7. The molecule has 0 bridgehead atoms. The topological polar surface area (TPSA) is 104 Å². The van der Waals surface area contributed by atoms with E-state index in [0.717, 1.165) is 4.90 Å². The Balaban J connectivity index is 1.73. The van der Waals surface area contributed by atoms with E-state index in [1.54, 1.807) is 30.3 Å². The zero-order valence-corrected chi connectivity index (χ0v) is 16.7. The molecule has 1 aromatic carbocycles. The number of carbonyl (C=O) groups is 3. The van der Waals surface area contributed by atoms with E-state index in [4.69, 9.17) is 14.2 Å². The molecular formula is C20H18N2O6S. The fourth-order valence-corrected chi connectivity index (χ4v) is 3.29. The number of nitrogens with zero attached hydrogens (tertiary/aromatic N) is 1. The molecule has 1 fully saturated rings. The Morgan fingerprint density at radius 1 is 1.17 bits per heavy atom. The van der Waals surface area contributed by atoms with E-state index >= 15 is 0 Å². The highest BCUT2D eigenvalue weighted by Gasteiger charge is 2.38. The Kier molecular flexibility index (Phi) is 5.88. The normalized spacial score (nSPS) is 15.2. The van der Waals surface area contributed by atoms with Gasteiger partial charge in [-0.2, -0.15) is 0 Å². The number of esters is 3. The van der Waals surface area contributed by atoms with Crippen LogP contribution in [0.25, 0.3) is 0 Å². The summed E-state index contributed by atoms with van der Waals surface area (Å²) in [6.45, 7) is 2.97. The molecule has 0 amide bonds. The Labute approximate surface area is 171 Å². The minimum absolute atomic E-state index is 0.227. The zero-order chi connectivity index (χ0) is 21.0. The fraction of sp³-hybridized carbons (Fsp3) is 0.200. The maximum absolute atomic E-state index is 12.0. The van der Waals surface area contributed by atoms with Crippen molar-refractivity contribution >= 4 is 35.4 Å². The van der Waals surface area contributed by atoms with Crippen LogP contribution in [-0.2, 0) is 23.8 Å². The molecule has 0 spiro atoms. The highest BCUT2D eigenvalue weighted by Crippen LogP contribution is 2.29. The number of anilines is 1. The van der Waals surface area contributed by atoms with Crippen molar-refractivity contribution in [1.82, 2.24) is 4.98 Å². The van der Waals surface area contributed by atoms with Gasteiger partial charge in [0.1, 0.15) is 5.03 Å². The summed E-state index contributed by atoms with van der Waals surface area (Å²) >= 11 is 1.34. The maximum Gasteiger partial charge on any atom is 0.350 e. The SMILES string of the molecule is COC(=O)c1ccnc(Sc2cccc(NC=C3C(=O)OC(C)(C)OC3=O)c2)c1. The summed E-state index contributed by atoms with van der Waals surface area (Å²) in [6.07, 6.45) is 2.78. The third-order valence-corrected chi connectivity index (χ3v) is 4.63. The second-order valence-electron chi connectivity index (χ2n) is 6.39. The molecule has 9 heteroatoms. The number of benzene rings is 1. The molecule has 1 N–H and O–H groups in total. The number of rotatable bonds is 5. The number of hydrogen-bond donors (Lipinski definition) is 1. The van der Waals surface area contributed by atoms with E-state index in [9.17, 15) is 14.4 Å². The number of cyclic esters (lactones) is 2. The number of pyridine rings is 1. The smallest absolute Gasteiger partial charge is 0.350 e. The summed E-state index contributed by atoms with van der Waals surface area (Å²) in [5, 5.41) is 3.51. The molecule has 2 heterocycles. The van der Waals surface area contributed by atoms with E-state index in [1.807, 2.05) is 6.07 Å². The molecule has 150 valence electrons. The average Bonchev–Trinajstić information content (AvgIpc) is 2.66. The van der Waals surface area contributed by atoms with Gasteiger partial charge in [0.25, 0.3) is 5.79 Å². The fourth-order valence-electron chi connectivity index (χ4n) is 2.41. The Hall–Kier alpha value is -3.33. The number of hydrogen-bond acceptors (Lipinski definition) is 9. The second-order valence-corrected chi connectivity index (χ2v) is 7.48. The highest BCUT2D eigenvalue weighted by molar-refractivity contribution is 7.99. The van der Waals surface area contributed by atoms with Gasteiger partial charge in [0, 0.05) is 36.8 Å². The van der Waals surface area contributed by atoms with Gasteiger partial charge in [-0.15, -0.1) is 0 Å². The van der Waals surface area contributed by atoms with Crippen molar-refractivity contribution < 1.29 is 28.6 Å². The molecule has 1 aromatic heterocycles. The molecule has 8 nitrogen and oxygen atoms in total. The summed E-state index contributed by atoms with van der Waals surface area (Å²) in [5.74, 6) is -3.24. The molecule has 0 atom stereocenters. The van der Waals surface area contributed by atoms with Crippen molar-refractivity contribution in [3.8, 4) is 0 Å². The predicted molar refractivity (Wildman–Crippen MR) is 104 cm³/mol. The van der Waals surface area contributed by atoms with Crippen LogP contribution in [0.1, 0.15) is 24.2 Å². The summed E-state index contributed by atoms with van der Waals surface area (Å²) in [5.41, 5.74) is 0.813. The summed E-state index contributed by atoms with van der Waals surface area (Å²) < 4.78 is 14.8. The molecule has 29 heavy (non-hydrogen) atoms. The van der Waals surface area contributed by atoms with Crippen LogP contribution < -0.4 is 5.32 Å². The van der Waals surface area contributed by atoms with Crippen LogP contribution in [0.5, 0.6) is 0 Å². The molecule has 1 aliphatic rings. The van der Waals surface area contributed by atoms with E-state index < -0.39 is 23.7 Å². The van der Waals surface area contributed by atoms with Crippen LogP contribution in [0.3, 0.4) is 0 Å². The van der Waals surface area contributed by atoms with Crippen molar-refractivity contribution in [3.63, 3.8) is 0 Å². The molecule has 0 radical (unpaired) electrons. The Morgan fingerprint density at radius 3 is 2.59 bits per heavy atom. The third-order valence-electron chi connectivity index (χ3n) is 3.71. The monoisotopic (exact) mass is 414 g/mol. The molecule has 0 unspecified atom stereocenters. The standard InChI is InChI=1S/C20H18N2O6S/c1-20(2)27-18(24)15(19(25)28-20)11-22-13-5-4-6-14(10-13)29-16-9-12(7-8-21-16)17(23)26-3/h4-11,22H,1-3H3. The maximum atomic E-state index is 12.0. The first-order valence-corrected chi connectivity index (χ1v) is 9.35. The highest BCUT2D eigenvalue weighted by atomic mass is 32.2. The van der Waals surface area contributed by atoms with Gasteiger partial charge >= 0.3 is 17.9 Å². The van der Waals surface area contributed by atoms with E-state index in [2.05, 4.69) is 10.3 Å². The molecule has 0 aliphatic carbocycles. The quantitative estimate of drug-likeness (QED) is 0.449. The van der Waals surface area contributed by atoms with Crippen molar-refractivity contribution in [3.05, 3.63) is 59.9 Å². The number of nitrogens with one attached hydrogen (secondary N) is 1. The average molecular weight is 414 g/mol. The lowest BCUT2D eigenvalue weighted by atomic mass is 10.2. The molecular weight excluding hydrogens is 396 g/mol. The van der Waals surface area contributed by atoms with Gasteiger partial charge in [-0.3, -0.25) is 0 Å². The van der Waals surface area contributed by atoms with Gasteiger partial charge in [-0.25, -0.2) is 19.4 Å². The first-order chi connectivity index (χ1) is 13.8. The minimum Gasteiger partial charge on any atom is -0.465 e. The number of methoxy groups -OCH3 is 1. The van der Waals surface area contributed by atoms with Crippen molar-refractivity contribution in [2.75, 3.05) is 12.4 Å². The largest absolute Gasteiger partial charge is 0.465 e. The molecule has 3 rings (SSSR count). The van der Waals surface area contributed by atoms with Crippen LogP contribution in [0.4, 0.5) is 5.69 Å². The van der Waals surface area contributed by atoms with Gasteiger partial charge < -0.3 is 19.5 Å². The van der Waals surface area contributed by atoms with Crippen LogP contribution in [0.2, 0.25) is 0 Å². The lowest BCUT2D eigenvalue weighted by molar-refractivity contribution is -0.222. The summed E-state index contributed by atoms with van der Waals surface area (Å²) in [6, 6.07) is 10.4. The van der Waals surface area contributed by atoms with Crippen LogP contribution in [-0.4, -0.2) is 35.8 Å². The van der Waals surface area contributed by atoms with E-state index in [1.165, 1.54) is 45.1 Å². The van der Waals surface area contributed by atoms with Crippen LogP contribution >= 0.6 is 11.8 Å². The van der Waals surface area contributed by atoms with Crippen molar-refractivity contribution in [2.24, 2.45) is 0 Å². The number of ether oxygens (including phenoxy) is 3. The third kappa shape index (κ3) is 5.14. The first kappa shape index (κ1) is 20.4. The van der Waals surface area contributed by atoms with Gasteiger partial charge in [0.2, 0.25) is 0 Å². The van der Waals surface area contributed by atoms with Crippen LogP contribution in [0.15, 0.2) is 64.3 Å². The lowest BCUT2D eigenvalue weighted by Crippen LogP contribution is -2.42. The second kappa shape index (κ2) is 8.36. The van der Waals surface area contributed by atoms with Crippen molar-refractivity contribution in [2.45, 2.75) is 29.6 Å². The molecule has 1 saturated heterocycles. The van der Waals surface area contributed by atoms with Gasteiger partial charge in [0.15, 0.2) is 5.57 Å². The van der Waals surface area contributed by atoms with Crippen molar-refractivity contribution in [1.29, 1.82) is 0 Å². The Bertz CT molecular complexity index is 980. The molecule has 0 saturated carbocycles.